The Kier molecular flexibility index (Phi) is 5.35. The minimum absolute atomic E-state index is 0.00287. The number of fused-ring (bicyclic) bond motifs is 1. The highest BCUT2D eigenvalue weighted by Gasteiger charge is 2.22. The number of hydrogen-bond acceptors (Lipinski definition) is 7. The number of anilines is 1. The third-order valence-electron chi connectivity index (χ3n) is 3.35. The van der Waals surface area contributed by atoms with E-state index in [2.05, 4.69) is 20.8 Å². The zero-order valence-electron chi connectivity index (χ0n) is 12.7. The molecule has 0 bridgehead atoms. The summed E-state index contributed by atoms with van der Waals surface area (Å²) in [5.74, 6) is 1.19. The molecule has 122 valence electrons. The molecule has 1 atom stereocenters. The lowest BCUT2D eigenvalue weighted by molar-refractivity contribution is -0.119. The molecule has 6 nitrogen and oxygen atoms in total. The van der Waals surface area contributed by atoms with Crippen LogP contribution in [0.15, 0.2) is 28.6 Å². The lowest BCUT2D eigenvalue weighted by atomic mass is 10.0. The maximum atomic E-state index is 12.2. The summed E-state index contributed by atoms with van der Waals surface area (Å²) in [6.07, 6.45) is 0.788. The van der Waals surface area contributed by atoms with Crippen molar-refractivity contribution in [1.29, 1.82) is 0 Å². The van der Waals surface area contributed by atoms with E-state index in [-0.39, 0.29) is 11.9 Å². The summed E-state index contributed by atoms with van der Waals surface area (Å²) < 4.78 is 6.41. The molecular formula is C15H18N4O2S2. The van der Waals surface area contributed by atoms with Crippen LogP contribution in [0.25, 0.3) is 0 Å². The van der Waals surface area contributed by atoms with E-state index < -0.39 is 0 Å². The van der Waals surface area contributed by atoms with Gasteiger partial charge in [0.05, 0.1) is 18.4 Å². The molecule has 0 saturated carbocycles. The Hall–Kier alpha value is -1.80. The van der Waals surface area contributed by atoms with Crippen LogP contribution < -0.4 is 15.4 Å². The van der Waals surface area contributed by atoms with Crippen molar-refractivity contribution in [3.63, 3.8) is 0 Å². The van der Waals surface area contributed by atoms with Crippen LogP contribution in [0.2, 0.25) is 0 Å². The molecule has 1 unspecified atom stereocenters. The maximum absolute atomic E-state index is 12.2. The van der Waals surface area contributed by atoms with Crippen LogP contribution in [-0.4, -0.2) is 35.0 Å². The van der Waals surface area contributed by atoms with Crippen molar-refractivity contribution in [2.45, 2.75) is 23.7 Å². The van der Waals surface area contributed by atoms with Crippen LogP contribution in [0.3, 0.4) is 0 Å². The molecule has 0 saturated heterocycles. The van der Waals surface area contributed by atoms with Gasteiger partial charge in [0.25, 0.3) is 0 Å². The molecule has 1 aromatic heterocycles. The van der Waals surface area contributed by atoms with Crippen LogP contribution in [0.5, 0.6) is 5.75 Å². The summed E-state index contributed by atoms with van der Waals surface area (Å²) in [7, 11) is 0. The second-order valence-electron chi connectivity index (χ2n) is 4.99. The van der Waals surface area contributed by atoms with Gasteiger partial charge in [0.1, 0.15) is 5.75 Å². The Balaban J connectivity index is 1.53. The highest BCUT2D eigenvalue weighted by Crippen LogP contribution is 2.32. The number of carbonyl (C=O) groups is 1. The Morgan fingerprint density at radius 3 is 3.17 bits per heavy atom. The predicted molar refractivity (Wildman–Crippen MR) is 92.2 cm³/mol. The molecule has 0 fully saturated rings. The average Bonchev–Trinajstić information content (AvgIpc) is 3.01. The molecule has 1 aromatic carbocycles. The van der Waals surface area contributed by atoms with Gasteiger partial charge in [-0.25, -0.2) is 0 Å². The van der Waals surface area contributed by atoms with Gasteiger partial charge >= 0.3 is 0 Å². The Bertz CT molecular complexity index is 677. The van der Waals surface area contributed by atoms with E-state index >= 15 is 0 Å². The van der Waals surface area contributed by atoms with Crippen molar-refractivity contribution in [1.82, 2.24) is 15.5 Å². The number of hydrogen-bond donors (Lipinski definition) is 2. The number of ether oxygens (including phenoxy) is 1. The Morgan fingerprint density at radius 2 is 2.30 bits per heavy atom. The minimum Gasteiger partial charge on any atom is -0.493 e. The summed E-state index contributed by atoms with van der Waals surface area (Å²) in [5.41, 5.74) is 1.04. The predicted octanol–water partition coefficient (Wildman–Crippen LogP) is 2.70. The number of nitrogens with one attached hydrogen (secondary N) is 2. The van der Waals surface area contributed by atoms with Crippen molar-refractivity contribution in [2.24, 2.45) is 0 Å². The third kappa shape index (κ3) is 4.14. The van der Waals surface area contributed by atoms with E-state index in [0.717, 1.165) is 33.7 Å². The van der Waals surface area contributed by atoms with Gasteiger partial charge in [-0.3, -0.25) is 4.79 Å². The summed E-state index contributed by atoms with van der Waals surface area (Å²) in [4.78, 5) is 12.2. The molecule has 8 heteroatoms. The van der Waals surface area contributed by atoms with Crippen LogP contribution in [-0.2, 0) is 4.79 Å². The maximum Gasteiger partial charge on any atom is 0.230 e. The van der Waals surface area contributed by atoms with E-state index in [0.29, 0.717) is 12.4 Å². The van der Waals surface area contributed by atoms with Gasteiger partial charge in [-0.1, -0.05) is 41.3 Å². The second-order valence-corrected chi connectivity index (χ2v) is 7.19. The number of carbonyl (C=O) groups excluding carboxylic acids is 1. The molecule has 2 heterocycles. The molecule has 1 aliphatic heterocycles. The van der Waals surface area contributed by atoms with Crippen molar-refractivity contribution >= 4 is 34.1 Å². The Labute approximate surface area is 143 Å². The fourth-order valence-electron chi connectivity index (χ4n) is 2.35. The fourth-order valence-corrected chi connectivity index (χ4v) is 3.98. The van der Waals surface area contributed by atoms with E-state index in [1.807, 2.05) is 31.2 Å². The smallest absolute Gasteiger partial charge is 0.230 e. The molecule has 2 aromatic rings. The monoisotopic (exact) mass is 350 g/mol. The number of amides is 1. The van der Waals surface area contributed by atoms with Gasteiger partial charge in [-0.05, 0) is 13.0 Å². The fraction of sp³-hybridized carbons (Fsp3) is 0.400. The molecule has 3 rings (SSSR count). The number of rotatable bonds is 6. The number of aromatic nitrogens is 2. The average molecular weight is 350 g/mol. The van der Waals surface area contributed by atoms with Gasteiger partial charge in [0.2, 0.25) is 11.0 Å². The van der Waals surface area contributed by atoms with Gasteiger partial charge in [0.15, 0.2) is 4.34 Å². The van der Waals surface area contributed by atoms with E-state index in [1.165, 1.54) is 23.1 Å². The SMILES string of the molecule is CCNc1nnc(SCC(=O)NC2CCOc3ccccc32)s1. The lowest BCUT2D eigenvalue weighted by Crippen LogP contribution is -2.33. The molecule has 0 spiro atoms. The second kappa shape index (κ2) is 7.65. The first-order chi connectivity index (χ1) is 11.3. The Morgan fingerprint density at radius 1 is 1.43 bits per heavy atom. The molecular weight excluding hydrogens is 332 g/mol. The van der Waals surface area contributed by atoms with Crippen LogP contribution in [0.4, 0.5) is 5.13 Å². The van der Waals surface area contributed by atoms with Crippen molar-refractivity contribution in [3.05, 3.63) is 29.8 Å². The molecule has 23 heavy (non-hydrogen) atoms. The largest absolute Gasteiger partial charge is 0.493 e. The first-order valence-corrected chi connectivity index (χ1v) is 9.27. The first-order valence-electron chi connectivity index (χ1n) is 7.47. The summed E-state index contributed by atoms with van der Waals surface area (Å²) >= 11 is 2.87. The normalized spacial score (nSPS) is 16.3. The van der Waals surface area contributed by atoms with E-state index in [9.17, 15) is 4.79 Å². The molecule has 1 amide bonds. The first kappa shape index (κ1) is 16.1. The quantitative estimate of drug-likeness (QED) is 0.780. The van der Waals surface area contributed by atoms with Crippen LogP contribution in [0, 0.1) is 0 Å². The van der Waals surface area contributed by atoms with Crippen molar-refractivity contribution < 1.29 is 9.53 Å². The van der Waals surface area contributed by atoms with Crippen molar-refractivity contribution in [2.75, 3.05) is 24.2 Å². The minimum atomic E-state index is -0.00287. The standard InChI is InChI=1S/C15H18N4O2S2/c1-2-16-14-18-19-15(23-14)22-9-13(20)17-11-7-8-21-12-6-4-3-5-10(11)12/h3-6,11H,2,7-9H2,1H3,(H,16,18)(H,17,20). The van der Waals surface area contributed by atoms with E-state index in [4.69, 9.17) is 4.74 Å². The lowest BCUT2D eigenvalue weighted by Gasteiger charge is -2.26. The van der Waals surface area contributed by atoms with Gasteiger partial charge in [-0.15, -0.1) is 10.2 Å². The highest BCUT2D eigenvalue weighted by molar-refractivity contribution is 8.01. The third-order valence-corrected chi connectivity index (χ3v) is 5.37. The number of para-hydroxylation sites is 1. The van der Waals surface area contributed by atoms with Gasteiger partial charge in [-0.2, -0.15) is 0 Å². The van der Waals surface area contributed by atoms with E-state index in [1.54, 1.807) is 0 Å². The van der Waals surface area contributed by atoms with Gasteiger partial charge in [0, 0.05) is 18.5 Å². The summed E-state index contributed by atoms with van der Waals surface area (Å²) in [6, 6.07) is 7.85. The molecule has 2 N–H and O–H groups in total. The zero-order valence-corrected chi connectivity index (χ0v) is 14.4. The molecule has 0 radical (unpaired) electrons. The summed E-state index contributed by atoms with van der Waals surface area (Å²) in [5, 5.41) is 15.0. The van der Waals surface area contributed by atoms with Crippen molar-refractivity contribution in [3.8, 4) is 5.75 Å². The van der Waals surface area contributed by atoms with Crippen LogP contribution in [0.1, 0.15) is 24.9 Å². The number of benzene rings is 1. The molecule has 1 aliphatic rings. The number of nitrogens with zero attached hydrogens (tertiary/aromatic N) is 2. The van der Waals surface area contributed by atoms with Crippen LogP contribution >= 0.6 is 23.1 Å². The topological polar surface area (TPSA) is 76.1 Å². The van der Waals surface area contributed by atoms with Gasteiger partial charge < -0.3 is 15.4 Å². The molecule has 0 aliphatic carbocycles. The highest BCUT2D eigenvalue weighted by atomic mass is 32.2. The number of thioether (sulfide) groups is 1. The zero-order chi connectivity index (χ0) is 16.1. The summed E-state index contributed by atoms with van der Waals surface area (Å²) in [6.45, 7) is 3.44.